The van der Waals surface area contributed by atoms with Crippen molar-refractivity contribution < 1.29 is 9.59 Å². The summed E-state index contributed by atoms with van der Waals surface area (Å²) in [5, 5.41) is 6.19. The third-order valence-electron chi connectivity index (χ3n) is 3.85. The van der Waals surface area contributed by atoms with E-state index in [4.69, 9.17) is 23.2 Å². The summed E-state index contributed by atoms with van der Waals surface area (Å²) < 4.78 is 0.525. The molecule has 7 heteroatoms. The molecule has 2 aromatic carbocycles. The molecule has 0 aliphatic rings. The van der Waals surface area contributed by atoms with Gasteiger partial charge in [-0.15, -0.1) is 11.3 Å². The molecule has 0 fully saturated rings. The number of hydrogen-bond donors (Lipinski definition) is 2. The molecular weight excluding hydrogens is 403 g/mol. The standard InChI is InChI=1S/C20H16Cl2N2O2S/c21-15-8-6-14(7-9-15)19(13-4-2-1-3-5-13)24-18(25)12-23-20(26)16-10-11-17(22)27-16/h1-11,19H,12H2,(H,23,26)(H,24,25). The fourth-order valence-electron chi connectivity index (χ4n) is 2.56. The van der Waals surface area contributed by atoms with Crippen molar-refractivity contribution in [2.24, 2.45) is 0 Å². The third-order valence-corrected chi connectivity index (χ3v) is 5.33. The molecule has 0 saturated heterocycles. The lowest BCUT2D eigenvalue weighted by molar-refractivity contribution is -0.120. The monoisotopic (exact) mass is 418 g/mol. The molecule has 0 aliphatic heterocycles. The van der Waals surface area contributed by atoms with Gasteiger partial charge >= 0.3 is 0 Å². The lowest BCUT2D eigenvalue weighted by Crippen LogP contribution is -2.38. The Morgan fingerprint density at radius 3 is 2.19 bits per heavy atom. The average Bonchev–Trinajstić information content (AvgIpc) is 3.12. The van der Waals surface area contributed by atoms with Crippen molar-refractivity contribution in [3.63, 3.8) is 0 Å². The van der Waals surface area contributed by atoms with Crippen LogP contribution < -0.4 is 10.6 Å². The Morgan fingerprint density at radius 1 is 0.889 bits per heavy atom. The summed E-state index contributed by atoms with van der Waals surface area (Å²) in [5.41, 5.74) is 1.83. The van der Waals surface area contributed by atoms with E-state index in [0.717, 1.165) is 11.1 Å². The second kappa shape index (κ2) is 9.04. The van der Waals surface area contributed by atoms with Crippen LogP contribution in [0.1, 0.15) is 26.8 Å². The second-order valence-electron chi connectivity index (χ2n) is 5.75. The molecule has 0 aliphatic carbocycles. The maximum absolute atomic E-state index is 12.4. The van der Waals surface area contributed by atoms with Gasteiger partial charge in [0, 0.05) is 5.02 Å². The summed E-state index contributed by atoms with van der Waals surface area (Å²) in [7, 11) is 0. The number of carbonyl (C=O) groups is 2. The van der Waals surface area contributed by atoms with E-state index in [-0.39, 0.29) is 24.4 Å². The third kappa shape index (κ3) is 5.32. The van der Waals surface area contributed by atoms with Gasteiger partial charge in [0.2, 0.25) is 5.91 Å². The highest BCUT2D eigenvalue weighted by molar-refractivity contribution is 7.18. The van der Waals surface area contributed by atoms with Crippen LogP contribution in [0.2, 0.25) is 9.36 Å². The van der Waals surface area contributed by atoms with Gasteiger partial charge in [-0.1, -0.05) is 65.7 Å². The SMILES string of the molecule is O=C(CNC(=O)c1ccc(Cl)s1)NC(c1ccccc1)c1ccc(Cl)cc1. The lowest BCUT2D eigenvalue weighted by Gasteiger charge is -2.20. The molecule has 1 unspecified atom stereocenters. The number of hydrogen-bond acceptors (Lipinski definition) is 3. The zero-order valence-corrected chi connectivity index (χ0v) is 16.4. The predicted octanol–water partition coefficient (Wildman–Crippen LogP) is 4.69. The van der Waals surface area contributed by atoms with Gasteiger partial charge < -0.3 is 10.6 Å². The Balaban J connectivity index is 1.69. The topological polar surface area (TPSA) is 58.2 Å². The molecule has 1 aromatic heterocycles. The minimum atomic E-state index is -0.343. The zero-order valence-electron chi connectivity index (χ0n) is 14.1. The van der Waals surface area contributed by atoms with Crippen LogP contribution in [0.25, 0.3) is 0 Å². The van der Waals surface area contributed by atoms with Gasteiger partial charge in [0.1, 0.15) is 0 Å². The molecule has 0 spiro atoms. The first kappa shape index (κ1) is 19.4. The molecule has 1 atom stereocenters. The highest BCUT2D eigenvalue weighted by atomic mass is 35.5. The van der Waals surface area contributed by atoms with Gasteiger partial charge in [0.15, 0.2) is 0 Å². The first-order chi connectivity index (χ1) is 13.0. The average molecular weight is 419 g/mol. The highest BCUT2D eigenvalue weighted by Crippen LogP contribution is 2.24. The maximum Gasteiger partial charge on any atom is 0.261 e. The van der Waals surface area contributed by atoms with Crippen LogP contribution in [0, 0.1) is 0 Å². The van der Waals surface area contributed by atoms with Crippen molar-refractivity contribution in [2.45, 2.75) is 6.04 Å². The molecule has 2 N–H and O–H groups in total. The van der Waals surface area contributed by atoms with Crippen molar-refractivity contribution in [1.29, 1.82) is 0 Å². The van der Waals surface area contributed by atoms with E-state index in [0.29, 0.717) is 14.2 Å². The molecule has 3 rings (SSSR count). The molecule has 0 saturated carbocycles. The number of thiophene rings is 1. The largest absolute Gasteiger partial charge is 0.344 e. The summed E-state index contributed by atoms with van der Waals surface area (Å²) in [6.45, 7) is -0.134. The quantitative estimate of drug-likeness (QED) is 0.609. The van der Waals surface area contributed by atoms with Crippen LogP contribution >= 0.6 is 34.5 Å². The second-order valence-corrected chi connectivity index (χ2v) is 7.90. The van der Waals surface area contributed by atoms with Crippen LogP contribution in [-0.4, -0.2) is 18.4 Å². The summed E-state index contributed by atoms with van der Waals surface area (Å²) in [6.07, 6.45) is 0. The van der Waals surface area contributed by atoms with E-state index in [9.17, 15) is 9.59 Å². The minimum Gasteiger partial charge on any atom is -0.344 e. The van der Waals surface area contributed by atoms with E-state index in [1.807, 2.05) is 42.5 Å². The summed E-state index contributed by atoms with van der Waals surface area (Å²) >= 11 is 13.0. The van der Waals surface area contributed by atoms with Gasteiger partial charge in [-0.05, 0) is 35.4 Å². The van der Waals surface area contributed by atoms with Gasteiger partial charge in [-0.2, -0.15) is 0 Å². The normalized spacial score (nSPS) is 11.6. The molecule has 0 bridgehead atoms. The highest BCUT2D eigenvalue weighted by Gasteiger charge is 2.18. The number of halogens is 2. The van der Waals surface area contributed by atoms with Crippen molar-refractivity contribution in [3.8, 4) is 0 Å². The van der Waals surface area contributed by atoms with Crippen LogP contribution in [0.3, 0.4) is 0 Å². The molecule has 2 amide bonds. The van der Waals surface area contributed by atoms with Gasteiger partial charge in [0.05, 0.1) is 21.8 Å². The van der Waals surface area contributed by atoms with E-state index in [1.54, 1.807) is 24.3 Å². The number of benzene rings is 2. The van der Waals surface area contributed by atoms with E-state index >= 15 is 0 Å². The van der Waals surface area contributed by atoms with E-state index in [2.05, 4.69) is 10.6 Å². The first-order valence-electron chi connectivity index (χ1n) is 8.16. The first-order valence-corrected chi connectivity index (χ1v) is 9.73. The van der Waals surface area contributed by atoms with Crippen molar-refractivity contribution in [1.82, 2.24) is 10.6 Å². The van der Waals surface area contributed by atoms with Crippen LogP contribution in [-0.2, 0) is 4.79 Å². The molecule has 4 nitrogen and oxygen atoms in total. The van der Waals surface area contributed by atoms with E-state index < -0.39 is 0 Å². The van der Waals surface area contributed by atoms with Crippen LogP contribution in [0.15, 0.2) is 66.7 Å². The van der Waals surface area contributed by atoms with Gasteiger partial charge in [-0.25, -0.2) is 0 Å². The molecule has 138 valence electrons. The Labute approximate surface area is 171 Å². The number of nitrogens with one attached hydrogen (secondary N) is 2. The lowest BCUT2D eigenvalue weighted by atomic mass is 9.98. The van der Waals surface area contributed by atoms with Crippen LogP contribution in [0.4, 0.5) is 0 Å². The van der Waals surface area contributed by atoms with Gasteiger partial charge in [-0.3, -0.25) is 9.59 Å². The minimum absolute atomic E-state index is 0.134. The molecular formula is C20H16Cl2N2O2S. The molecule has 27 heavy (non-hydrogen) atoms. The van der Waals surface area contributed by atoms with Crippen LogP contribution in [0.5, 0.6) is 0 Å². The maximum atomic E-state index is 12.4. The number of amides is 2. The summed E-state index contributed by atoms with van der Waals surface area (Å²) in [4.78, 5) is 25.0. The van der Waals surface area contributed by atoms with Crippen molar-refractivity contribution in [2.75, 3.05) is 6.54 Å². The summed E-state index contributed by atoms with van der Waals surface area (Å²) in [5.74, 6) is -0.625. The summed E-state index contributed by atoms with van der Waals surface area (Å²) in [6, 6.07) is 19.8. The Kier molecular flexibility index (Phi) is 6.50. The predicted molar refractivity (Wildman–Crippen MR) is 110 cm³/mol. The number of rotatable bonds is 6. The Bertz CT molecular complexity index is 927. The van der Waals surface area contributed by atoms with Crippen molar-refractivity contribution >= 4 is 46.4 Å². The fourth-order valence-corrected chi connectivity index (χ4v) is 3.64. The van der Waals surface area contributed by atoms with Gasteiger partial charge in [0.25, 0.3) is 5.91 Å². The molecule has 1 heterocycles. The Morgan fingerprint density at radius 2 is 1.56 bits per heavy atom. The smallest absolute Gasteiger partial charge is 0.261 e. The molecule has 0 radical (unpaired) electrons. The molecule has 3 aromatic rings. The number of carbonyl (C=O) groups excluding carboxylic acids is 2. The van der Waals surface area contributed by atoms with Crippen molar-refractivity contribution in [3.05, 3.63) is 92.1 Å². The Hall–Kier alpha value is -2.34. The van der Waals surface area contributed by atoms with E-state index in [1.165, 1.54) is 11.3 Å². The fraction of sp³-hybridized carbons (Fsp3) is 0.100. The zero-order chi connectivity index (χ0) is 19.2.